The number of likely N-dealkylation sites (N-methyl/N-ethyl adjacent to an activating group) is 1. The summed E-state index contributed by atoms with van der Waals surface area (Å²) in [5.41, 5.74) is 2.81. The van der Waals surface area contributed by atoms with Gasteiger partial charge in [0.25, 0.3) is 0 Å². The first-order valence-corrected chi connectivity index (χ1v) is 6.89. The fraction of sp³-hybridized carbons (Fsp3) is 0.667. The number of nitrogens with one attached hydrogen (secondary N) is 1. The van der Waals surface area contributed by atoms with Crippen LogP contribution >= 0.6 is 0 Å². The Bertz CT molecular complexity index is 360. The number of hydrogen-bond donors (Lipinski definition) is 1. The molecule has 2 nitrogen and oxygen atoms in total. The van der Waals surface area contributed by atoms with Gasteiger partial charge in [0, 0.05) is 23.9 Å². The molecule has 0 radical (unpaired) electrons. The van der Waals surface area contributed by atoms with Crippen molar-refractivity contribution in [2.75, 3.05) is 6.54 Å². The van der Waals surface area contributed by atoms with Crippen molar-refractivity contribution in [1.29, 1.82) is 0 Å². The van der Waals surface area contributed by atoms with Crippen molar-refractivity contribution in [3.8, 4) is 0 Å². The number of hydrogen-bond acceptors (Lipinski definition) is 2. The van der Waals surface area contributed by atoms with E-state index in [1.807, 2.05) is 6.20 Å². The second kappa shape index (κ2) is 5.63. The molecule has 0 saturated heterocycles. The summed E-state index contributed by atoms with van der Waals surface area (Å²) in [7, 11) is 0. The van der Waals surface area contributed by atoms with E-state index in [1.165, 1.54) is 30.5 Å². The highest BCUT2D eigenvalue weighted by atomic mass is 14.9. The number of fused-ring (bicyclic) bond motifs is 1. The van der Waals surface area contributed by atoms with Crippen molar-refractivity contribution in [2.24, 2.45) is 5.92 Å². The second-order valence-electron chi connectivity index (χ2n) is 5.49. The third-order valence-corrected chi connectivity index (χ3v) is 3.68. The fourth-order valence-corrected chi connectivity index (χ4v) is 3.00. The van der Waals surface area contributed by atoms with Gasteiger partial charge in [-0.3, -0.25) is 4.98 Å². The predicted octanol–water partition coefficient (Wildman–Crippen LogP) is 3.14. The summed E-state index contributed by atoms with van der Waals surface area (Å²) >= 11 is 0. The Kier molecular flexibility index (Phi) is 4.16. The van der Waals surface area contributed by atoms with Crippen LogP contribution in [-0.4, -0.2) is 17.6 Å². The van der Waals surface area contributed by atoms with E-state index in [0.717, 1.165) is 12.5 Å². The zero-order chi connectivity index (χ0) is 12.3. The molecule has 1 aromatic rings. The van der Waals surface area contributed by atoms with Crippen LogP contribution in [0, 0.1) is 5.92 Å². The van der Waals surface area contributed by atoms with Gasteiger partial charge in [0.15, 0.2) is 0 Å². The largest absolute Gasteiger partial charge is 0.314 e. The molecule has 1 aliphatic carbocycles. The van der Waals surface area contributed by atoms with Crippen molar-refractivity contribution in [3.05, 3.63) is 29.6 Å². The molecule has 0 fully saturated rings. The maximum absolute atomic E-state index is 4.61. The number of aryl methyl sites for hydroxylation is 1. The van der Waals surface area contributed by atoms with Gasteiger partial charge in [0.05, 0.1) is 0 Å². The highest BCUT2D eigenvalue weighted by molar-refractivity contribution is 5.29. The molecular formula is C15H24N2. The minimum absolute atomic E-state index is 0.594. The molecule has 0 amide bonds. The van der Waals surface area contributed by atoms with E-state index >= 15 is 0 Å². The average Bonchev–Trinajstić information content (AvgIpc) is 2.71. The van der Waals surface area contributed by atoms with Gasteiger partial charge in [-0.15, -0.1) is 0 Å². The van der Waals surface area contributed by atoms with E-state index in [2.05, 4.69) is 43.2 Å². The summed E-state index contributed by atoms with van der Waals surface area (Å²) in [5, 5.41) is 3.66. The van der Waals surface area contributed by atoms with Crippen molar-refractivity contribution < 1.29 is 0 Å². The van der Waals surface area contributed by atoms with Crippen molar-refractivity contribution >= 4 is 0 Å². The lowest BCUT2D eigenvalue weighted by Crippen LogP contribution is -2.35. The fourth-order valence-electron chi connectivity index (χ4n) is 3.00. The number of nitrogens with zero attached hydrogens (tertiary/aromatic N) is 1. The molecule has 1 aliphatic rings. The van der Waals surface area contributed by atoms with Crippen LogP contribution in [0.25, 0.3) is 0 Å². The first-order valence-electron chi connectivity index (χ1n) is 6.89. The molecule has 0 bridgehead atoms. The molecule has 0 spiro atoms. The Morgan fingerprint density at radius 1 is 1.47 bits per heavy atom. The summed E-state index contributed by atoms with van der Waals surface area (Å²) in [4.78, 5) is 4.61. The zero-order valence-electron chi connectivity index (χ0n) is 11.2. The van der Waals surface area contributed by atoms with Crippen LogP contribution in [0.2, 0.25) is 0 Å². The topological polar surface area (TPSA) is 24.9 Å². The first-order chi connectivity index (χ1) is 8.22. The van der Waals surface area contributed by atoms with Gasteiger partial charge in [-0.05, 0) is 43.4 Å². The molecule has 2 rings (SSSR count). The lowest BCUT2D eigenvalue weighted by Gasteiger charge is -2.26. The molecule has 1 N–H and O–H groups in total. The smallest absolute Gasteiger partial charge is 0.0482 e. The van der Waals surface area contributed by atoms with Crippen molar-refractivity contribution in [2.45, 2.75) is 52.0 Å². The third-order valence-electron chi connectivity index (χ3n) is 3.68. The minimum atomic E-state index is 0.594. The highest BCUT2D eigenvalue weighted by Crippen LogP contribution is 2.35. The van der Waals surface area contributed by atoms with E-state index in [1.54, 1.807) is 0 Å². The molecule has 17 heavy (non-hydrogen) atoms. The normalized spacial score (nSPS) is 20.6. The lowest BCUT2D eigenvalue weighted by atomic mass is 9.90. The van der Waals surface area contributed by atoms with Gasteiger partial charge in [-0.2, -0.15) is 0 Å². The Hall–Kier alpha value is -0.890. The van der Waals surface area contributed by atoms with E-state index in [9.17, 15) is 0 Å². The molecule has 0 aliphatic heterocycles. The van der Waals surface area contributed by atoms with Crippen LogP contribution in [0.4, 0.5) is 0 Å². The summed E-state index contributed by atoms with van der Waals surface area (Å²) < 4.78 is 0. The first kappa shape index (κ1) is 12.6. The zero-order valence-corrected chi connectivity index (χ0v) is 11.2. The number of rotatable bonds is 5. The van der Waals surface area contributed by atoms with Crippen LogP contribution in [0.3, 0.4) is 0 Å². The Balaban J connectivity index is 2.15. The van der Waals surface area contributed by atoms with Crippen molar-refractivity contribution in [1.82, 2.24) is 10.3 Å². The molecular weight excluding hydrogens is 208 g/mol. The van der Waals surface area contributed by atoms with Gasteiger partial charge in [-0.25, -0.2) is 0 Å². The third kappa shape index (κ3) is 2.86. The van der Waals surface area contributed by atoms with Crippen LogP contribution in [-0.2, 0) is 6.42 Å². The van der Waals surface area contributed by atoms with E-state index in [0.29, 0.717) is 12.0 Å². The lowest BCUT2D eigenvalue weighted by molar-refractivity contribution is 0.364. The molecule has 0 aromatic carbocycles. The van der Waals surface area contributed by atoms with Crippen LogP contribution < -0.4 is 5.32 Å². The summed E-state index contributed by atoms with van der Waals surface area (Å²) in [6.07, 6.45) is 5.65. The van der Waals surface area contributed by atoms with E-state index in [4.69, 9.17) is 0 Å². The summed E-state index contributed by atoms with van der Waals surface area (Å²) in [5.74, 6) is 1.36. The van der Waals surface area contributed by atoms with Gasteiger partial charge >= 0.3 is 0 Å². The van der Waals surface area contributed by atoms with Gasteiger partial charge in [0.1, 0.15) is 0 Å². The Labute approximate surface area is 105 Å². The summed E-state index contributed by atoms with van der Waals surface area (Å²) in [6, 6.07) is 4.89. The molecule has 1 heterocycles. The monoisotopic (exact) mass is 232 g/mol. The maximum atomic E-state index is 4.61. The molecule has 1 aromatic heterocycles. The van der Waals surface area contributed by atoms with Crippen molar-refractivity contribution in [3.63, 3.8) is 0 Å². The van der Waals surface area contributed by atoms with Gasteiger partial charge in [0.2, 0.25) is 0 Å². The van der Waals surface area contributed by atoms with Crippen LogP contribution in [0.1, 0.15) is 50.8 Å². The predicted molar refractivity (Wildman–Crippen MR) is 72.2 cm³/mol. The molecule has 0 saturated carbocycles. The molecule has 94 valence electrons. The quantitative estimate of drug-likeness (QED) is 0.843. The molecule has 2 atom stereocenters. The minimum Gasteiger partial charge on any atom is -0.314 e. The Morgan fingerprint density at radius 3 is 3.00 bits per heavy atom. The maximum Gasteiger partial charge on any atom is 0.0482 e. The van der Waals surface area contributed by atoms with Gasteiger partial charge in [-0.1, -0.05) is 26.8 Å². The average molecular weight is 232 g/mol. The summed E-state index contributed by atoms with van der Waals surface area (Å²) in [6.45, 7) is 7.86. The standard InChI is InChI=1S/C15H24N2/c1-4-16-14(10-11(2)3)13-8-7-12-6-5-9-17-15(12)13/h5-6,9,11,13-14,16H,4,7-8,10H2,1-3H3. The van der Waals surface area contributed by atoms with E-state index < -0.39 is 0 Å². The van der Waals surface area contributed by atoms with E-state index in [-0.39, 0.29) is 0 Å². The van der Waals surface area contributed by atoms with Gasteiger partial charge < -0.3 is 5.32 Å². The second-order valence-corrected chi connectivity index (χ2v) is 5.49. The number of pyridine rings is 1. The highest BCUT2D eigenvalue weighted by Gasteiger charge is 2.30. The number of aromatic nitrogens is 1. The SMILES string of the molecule is CCNC(CC(C)C)C1CCc2cccnc21. The molecule has 2 heteroatoms. The van der Waals surface area contributed by atoms with Crippen LogP contribution in [0.15, 0.2) is 18.3 Å². The molecule has 2 unspecified atom stereocenters. The van der Waals surface area contributed by atoms with Crippen LogP contribution in [0.5, 0.6) is 0 Å². The Morgan fingerprint density at radius 2 is 2.29 bits per heavy atom.